The lowest BCUT2D eigenvalue weighted by atomic mass is 10.2. The van der Waals surface area contributed by atoms with Gasteiger partial charge in [0.05, 0.1) is 5.75 Å². The monoisotopic (exact) mass is 432 g/mol. The summed E-state index contributed by atoms with van der Waals surface area (Å²) in [7, 11) is 0. The Morgan fingerprint density at radius 1 is 1.10 bits per heavy atom. The van der Waals surface area contributed by atoms with Crippen molar-refractivity contribution < 1.29 is 9.53 Å². The van der Waals surface area contributed by atoms with Crippen molar-refractivity contribution in [2.45, 2.75) is 51.9 Å². The molecule has 0 aliphatic rings. The molecule has 29 heavy (non-hydrogen) atoms. The van der Waals surface area contributed by atoms with Crippen LogP contribution in [0.2, 0.25) is 0 Å². The Bertz CT molecular complexity index is 939. The zero-order valence-corrected chi connectivity index (χ0v) is 18.3. The van der Waals surface area contributed by atoms with E-state index < -0.39 is 0 Å². The molecule has 0 fully saturated rings. The summed E-state index contributed by atoms with van der Waals surface area (Å²) in [6.45, 7) is 7.15. The molecule has 0 aliphatic heterocycles. The quantitative estimate of drug-likeness (QED) is 0.489. The van der Waals surface area contributed by atoms with Gasteiger partial charge in [-0.2, -0.15) is 0 Å². The minimum absolute atomic E-state index is 0.145. The third-order valence-electron chi connectivity index (χ3n) is 4.16. The number of amides is 1. The summed E-state index contributed by atoms with van der Waals surface area (Å²) in [5, 5.41) is 21.3. The summed E-state index contributed by atoms with van der Waals surface area (Å²) in [4.78, 5) is 12.2. The van der Waals surface area contributed by atoms with Gasteiger partial charge >= 0.3 is 0 Å². The normalized spacial score (nSPS) is 10.9. The number of ether oxygens (including phenoxy) is 1. The van der Waals surface area contributed by atoms with Gasteiger partial charge in [-0.05, 0) is 37.5 Å². The predicted octanol–water partition coefficient (Wildman–Crippen LogP) is 3.58. The van der Waals surface area contributed by atoms with E-state index in [9.17, 15) is 4.79 Å². The van der Waals surface area contributed by atoms with Crippen LogP contribution in [-0.4, -0.2) is 36.6 Å². The molecule has 0 spiro atoms. The van der Waals surface area contributed by atoms with Crippen molar-refractivity contribution in [3.8, 4) is 5.75 Å². The van der Waals surface area contributed by atoms with E-state index in [1.54, 1.807) is 0 Å². The van der Waals surface area contributed by atoms with Crippen LogP contribution in [0.15, 0.2) is 29.4 Å². The summed E-state index contributed by atoms with van der Waals surface area (Å²) in [6.07, 6.45) is 1.80. The molecule has 3 aromatic rings. The van der Waals surface area contributed by atoms with Crippen molar-refractivity contribution in [2.75, 3.05) is 11.1 Å². The molecule has 1 amide bonds. The Morgan fingerprint density at radius 2 is 1.90 bits per heavy atom. The van der Waals surface area contributed by atoms with E-state index >= 15 is 0 Å². The van der Waals surface area contributed by atoms with E-state index in [-0.39, 0.29) is 11.7 Å². The third-order valence-corrected chi connectivity index (χ3v) is 6.11. The molecule has 2 heterocycles. The number of anilines is 1. The average Bonchev–Trinajstić information content (AvgIpc) is 3.37. The Labute approximate surface area is 178 Å². The molecule has 154 valence electrons. The number of carbonyl (C=O) groups is 1. The van der Waals surface area contributed by atoms with Crippen LogP contribution in [0.1, 0.15) is 37.2 Å². The molecule has 1 N–H and O–H groups in total. The molecule has 1 aromatic carbocycles. The summed E-state index contributed by atoms with van der Waals surface area (Å²) < 4.78 is 7.80. The molecule has 0 saturated carbocycles. The molecule has 3 rings (SSSR count). The van der Waals surface area contributed by atoms with Gasteiger partial charge < -0.3 is 9.30 Å². The summed E-state index contributed by atoms with van der Waals surface area (Å²) >= 11 is 2.73. The molecule has 0 atom stereocenters. The smallest absolute Gasteiger partial charge is 0.236 e. The number of aromatic nitrogens is 5. The van der Waals surface area contributed by atoms with Crippen LogP contribution in [-0.2, 0) is 30.8 Å². The number of benzene rings is 1. The topological polar surface area (TPSA) is 94.8 Å². The second kappa shape index (κ2) is 10.4. The van der Waals surface area contributed by atoms with Crippen molar-refractivity contribution >= 4 is 34.1 Å². The van der Waals surface area contributed by atoms with Gasteiger partial charge in [-0.15, -0.1) is 20.4 Å². The highest BCUT2D eigenvalue weighted by Crippen LogP contribution is 2.20. The van der Waals surface area contributed by atoms with Crippen molar-refractivity contribution in [1.82, 2.24) is 25.0 Å². The minimum atomic E-state index is -0.145. The van der Waals surface area contributed by atoms with Crippen LogP contribution in [0.25, 0.3) is 0 Å². The Hall–Kier alpha value is -2.46. The highest BCUT2D eigenvalue weighted by molar-refractivity contribution is 7.99. The molecule has 8 nitrogen and oxygen atoms in total. The molecule has 2 aromatic heterocycles. The Balaban J connectivity index is 1.54. The molecule has 0 radical (unpaired) electrons. The number of aryl methyl sites for hydroxylation is 2. The lowest BCUT2D eigenvalue weighted by Gasteiger charge is -2.09. The van der Waals surface area contributed by atoms with Crippen LogP contribution < -0.4 is 10.1 Å². The molecule has 10 heteroatoms. The molecule has 0 aliphatic carbocycles. The Kier molecular flexibility index (Phi) is 7.59. The highest BCUT2D eigenvalue weighted by Gasteiger charge is 2.15. The van der Waals surface area contributed by atoms with Crippen molar-refractivity contribution in [2.24, 2.45) is 0 Å². The maximum atomic E-state index is 12.2. The SMILES string of the molecule is CCc1ccc(OCc2nnc(SCC(=O)Nc3nnc(CC)s3)n2CC)cc1. The molecule has 0 bridgehead atoms. The van der Waals surface area contributed by atoms with Gasteiger partial charge in [0.1, 0.15) is 17.4 Å². The number of nitrogens with one attached hydrogen (secondary N) is 1. The molecular formula is C19H24N6O2S2. The fourth-order valence-corrected chi connectivity index (χ4v) is 4.07. The Morgan fingerprint density at radius 3 is 2.55 bits per heavy atom. The van der Waals surface area contributed by atoms with E-state index in [1.165, 1.54) is 28.7 Å². The van der Waals surface area contributed by atoms with Crippen molar-refractivity contribution in [3.05, 3.63) is 40.7 Å². The number of carbonyl (C=O) groups excluding carboxylic acids is 1. The van der Waals surface area contributed by atoms with Crippen LogP contribution in [0.3, 0.4) is 0 Å². The van der Waals surface area contributed by atoms with Gasteiger partial charge in [0.15, 0.2) is 11.0 Å². The molecule has 0 saturated heterocycles. The summed E-state index contributed by atoms with van der Waals surface area (Å²) in [5.74, 6) is 1.60. The van der Waals surface area contributed by atoms with Crippen LogP contribution in [0.5, 0.6) is 5.75 Å². The largest absolute Gasteiger partial charge is 0.486 e. The van der Waals surface area contributed by atoms with E-state index in [1.807, 2.05) is 30.5 Å². The molecular weight excluding hydrogens is 408 g/mol. The fraction of sp³-hybridized carbons (Fsp3) is 0.421. The maximum absolute atomic E-state index is 12.2. The minimum Gasteiger partial charge on any atom is -0.486 e. The van der Waals surface area contributed by atoms with Crippen molar-refractivity contribution in [3.63, 3.8) is 0 Å². The van der Waals surface area contributed by atoms with Gasteiger partial charge in [-0.1, -0.05) is 49.1 Å². The lowest BCUT2D eigenvalue weighted by Crippen LogP contribution is -2.14. The van der Waals surface area contributed by atoms with Gasteiger partial charge in [0.25, 0.3) is 0 Å². The average molecular weight is 433 g/mol. The van der Waals surface area contributed by atoms with Crippen LogP contribution >= 0.6 is 23.1 Å². The fourth-order valence-electron chi connectivity index (χ4n) is 2.55. The zero-order valence-electron chi connectivity index (χ0n) is 16.7. The van der Waals surface area contributed by atoms with Crippen LogP contribution in [0, 0.1) is 0 Å². The summed E-state index contributed by atoms with van der Waals surface area (Å²) in [6, 6.07) is 8.04. The number of thioether (sulfide) groups is 1. The first-order valence-corrected chi connectivity index (χ1v) is 11.3. The number of hydrogen-bond acceptors (Lipinski definition) is 8. The summed E-state index contributed by atoms with van der Waals surface area (Å²) in [5.41, 5.74) is 1.27. The van der Waals surface area contributed by atoms with Gasteiger partial charge in [0.2, 0.25) is 11.0 Å². The second-order valence-corrected chi connectivity index (χ2v) is 8.13. The van der Waals surface area contributed by atoms with E-state index in [2.05, 4.69) is 44.8 Å². The first-order chi connectivity index (χ1) is 14.1. The number of nitrogens with zero attached hydrogens (tertiary/aromatic N) is 5. The van der Waals surface area contributed by atoms with E-state index in [0.717, 1.165) is 29.4 Å². The van der Waals surface area contributed by atoms with Gasteiger partial charge in [-0.25, -0.2) is 0 Å². The first kappa shape index (κ1) is 21.3. The van der Waals surface area contributed by atoms with Crippen molar-refractivity contribution in [1.29, 1.82) is 0 Å². The van der Waals surface area contributed by atoms with Gasteiger partial charge in [0, 0.05) is 6.54 Å². The first-order valence-electron chi connectivity index (χ1n) is 9.51. The third kappa shape index (κ3) is 5.77. The standard InChI is InChI=1S/C19H24N6O2S2/c1-4-13-7-9-14(10-8-13)27-11-15-21-24-19(25(15)6-3)28-12-16(26)20-18-23-22-17(5-2)29-18/h7-10H,4-6,11-12H2,1-3H3,(H,20,23,26). The van der Waals surface area contributed by atoms with Crippen LogP contribution in [0.4, 0.5) is 5.13 Å². The van der Waals surface area contributed by atoms with E-state index in [0.29, 0.717) is 23.4 Å². The predicted molar refractivity (Wildman–Crippen MR) is 114 cm³/mol. The number of rotatable bonds is 10. The molecule has 0 unspecified atom stereocenters. The number of hydrogen-bond donors (Lipinski definition) is 1. The lowest BCUT2D eigenvalue weighted by molar-refractivity contribution is -0.113. The maximum Gasteiger partial charge on any atom is 0.236 e. The second-order valence-electron chi connectivity index (χ2n) is 6.12. The van der Waals surface area contributed by atoms with E-state index in [4.69, 9.17) is 4.74 Å². The van der Waals surface area contributed by atoms with Gasteiger partial charge in [-0.3, -0.25) is 10.1 Å². The highest BCUT2D eigenvalue weighted by atomic mass is 32.2. The zero-order chi connectivity index (χ0) is 20.6.